The molecule has 142 valence electrons. The van der Waals surface area contributed by atoms with Gasteiger partial charge in [-0.1, -0.05) is 19.9 Å². The van der Waals surface area contributed by atoms with Gasteiger partial charge >= 0.3 is 5.97 Å². The van der Waals surface area contributed by atoms with Crippen molar-refractivity contribution >= 4 is 23.5 Å². The fourth-order valence-electron chi connectivity index (χ4n) is 2.32. The third kappa shape index (κ3) is 6.38. The number of nitrogens with one attached hydrogen (secondary N) is 3. The van der Waals surface area contributed by atoms with E-state index in [4.69, 9.17) is 4.74 Å². The zero-order valence-electron chi connectivity index (χ0n) is 16.1. The van der Waals surface area contributed by atoms with E-state index in [2.05, 4.69) is 34.8 Å². The number of rotatable bonds is 4. The molecule has 3 N–H and O–H groups in total. The molecule has 1 aromatic rings. The Labute approximate surface area is 154 Å². The van der Waals surface area contributed by atoms with Crippen LogP contribution in [0.25, 0.3) is 0 Å². The van der Waals surface area contributed by atoms with Gasteiger partial charge in [-0.25, -0.2) is 0 Å². The number of aliphatic imine (C=N–C) groups is 1. The highest BCUT2D eigenvalue weighted by molar-refractivity contribution is 5.99. The van der Waals surface area contributed by atoms with Crippen LogP contribution in [0, 0.1) is 5.41 Å². The molecule has 0 unspecified atom stereocenters. The number of hydrogen-bond acceptors (Lipinski definition) is 6. The number of guanidine groups is 1. The molecule has 7 nitrogen and oxygen atoms in total. The van der Waals surface area contributed by atoms with Gasteiger partial charge in [-0.2, -0.15) is 0 Å². The van der Waals surface area contributed by atoms with Gasteiger partial charge in [0, 0.05) is 29.8 Å². The minimum absolute atomic E-state index is 0.134. The van der Waals surface area contributed by atoms with E-state index in [9.17, 15) is 9.59 Å². The second-order valence-corrected chi connectivity index (χ2v) is 8.16. The molecule has 0 fully saturated rings. The van der Waals surface area contributed by atoms with E-state index in [-0.39, 0.29) is 17.9 Å². The first-order chi connectivity index (χ1) is 12.0. The van der Waals surface area contributed by atoms with Crippen molar-refractivity contribution in [2.24, 2.45) is 10.4 Å². The van der Waals surface area contributed by atoms with Crippen molar-refractivity contribution in [1.82, 2.24) is 10.6 Å². The maximum absolute atomic E-state index is 12.3. The lowest BCUT2D eigenvalue weighted by molar-refractivity contribution is -0.153. The van der Waals surface area contributed by atoms with Crippen LogP contribution in [0.5, 0.6) is 0 Å². The van der Waals surface area contributed by atoms with Crippen molar-refractivity contribution in [1.29, 1.82) is 0 Å². The molecule has 7 heteroatoms. The summed E-state index contributed by atoms with van der Waals surface area (Å²) in [7, 11) is 0. The standard InChI is InChI=1S/C19H28N4O3/c1-18(2,3)26-15(24)10-20-16(25)13-7-6-8-14(9-13)23-17-21-11-19(4,5)12-22-17/h6-9H,10-12H2,1-5H3,(H,20,25)(H2,21,22,23). The molecule has 1 heterocycles. The first-order valence-corrected chi connectivity index (χ1v) is 8.70. The third-order valence-electron chi connectivity index (χ3n) is 3.60. The summed E-state index contributed by atoms with van der Waals surface area (Å²) in [4.78, 5) is 28.4. The van der Waals surface area contributed by atoms with E-state index in [1.165, 1.54) is 0 Å². The Bertz CT molecular complexity index is 705. The number of anilines is 1. The highest BCUT2D eigenvalue weighted by Crippen LogP contribution is 2.18. The molecular weight excluding hydrogens is 332 g/mol. The quantitative estimate of drug-likeness (QED) is 0.716. The van der Waals surface area contributed by atoms with Crippen molar-refractivity contribution in [2.45, 2.75) is 40.2 Å². The second-order valence-electron chi connectivity index (χ2n) is 8.16. The van der Waals surface area contributed by atoms with Crippen LogP contribution in [-0.4, -0.2) is 43.1 Å². The van der Waals surface area contributed by atoms with Gasteiger partial charge < -0.3 is 20.7 Å². The van der Waals surface area contributed by atoms with Crippen LogP contribution in [0.3, 0.4) is 0 Å². The van der Waals surface area contributed by atoms with Crippen LogP contribution >= 0.6 is 0 Å². The topological polar surface area (TPSA) is 91.8 Å². The van der Waals surface area contributed by atoms with Crippen LogP contribution in [0.1, 0.15) is 45.0 Å². The molecule has 0 atom stereocenters. The molecule has 1 aromatic carbocycles. The second kappa shape index (κ2) is 7.76. The van der Waals surface area contributed by atoms with E-state index in [0.29, 0.717) is 11.5 Å². The molecule has 0 aliphatic carbocycles. The van der Waals surface area contributed by atoms with Crippen molar-refractivity contribution in [3.05, 3.63) is 29.8 Å². The highest BCUT2D eigenvalue weighted by atomic mass is 16.6. The number of carbonyl (C=O) groups excluding carboxylic acids is 2. The molecule has 0 bridgehead atoms. The number of benzene rings is 1. The Morgan fingerprint density at radius 2 is 2.04 bits per heavy atom. The average Bonchev–Trinajstić information content (AvgIpc) is 2.53. The number of esters is 1. The highest BCUT2D eigenvalue weighted by Gasteiger charge is 2.22. The van der Waals surface area contributed by atoms with Crippen molar-refractivity contribution in [2.75, 3.05) is 25.0 Å². The molecule has 1 aliphatic rings. The first kappa shape index (κ1) is 19.8. The number of carbonyl (C=O) groups is 2. The van der Waals surface area contributed by atoms with Crippen molar-refractivity contribution in [3.63, 3.8) is 0 Å². The molecule has 0 spiro atoms. The molecule has 26 heavy (non-hydrogen) atoms. The number of amides is 1. The molecule has 0 aromatic heterocycles. The third-order valence-corrected chi connectivity index (χ3v) is 3.60. The Hall–Kier alpha value is -2.57. The van der Waals surface area contributed by atoms with Crippen LogP contribution in [0.2, 0.25) is 0 Å². The van der Waals surface area contributed by atoms with Gasteiger partial charge in [0.05, 0.1) is 0 Å². The fraction of sp³-hybridized carbons (Fsp3) is 0.526. The zero-order valence-corrected chi connectivity index (χ0v) is 16.1. The Morgan fingerprint density at radius 1 is 1.31 bits per heavy atom. The maximum atomic E-state index is 12.3. The van der Waals surface area contributed by atoms with Gasteiger partial charge in [-0.15, -0.1) is 0 Å². The van der Waals surface area contributed by atoms with E-state index in [0.717, 1.165) is 18.8 Å². The molecule has 2 rings (SSSR count). The lowest BCUT2D eigenvalue weighted by Gasteiger charge is -2.29. The normalized spacial score (nSPS) is 16.1. The molecular formula is C19H28N4O3. The first-order valence-electron chi connectivity index (χ1n) is 8.70. The van der Waals surface area contributed by atoms with Crippen molar-refractivity contribution in [3.8, 4) is 0 Å². The summed E-state index contributed by atoms with van der Waals surface area (Å²) in [5, 5.41) is 9.00. The van der Waals surface area contributed by atoms with E-state index >= 15 is 0 Å². The smallest absolute Gasteiger partial charge is 0.325 e. The van der Waals surface area contributed by atoms with Crippen LogP contribution in [0.4, 0.5) is 5.69 Å². The minimum Gasteiger partial charge on any atom is -0.459 e. The monoisotopic (exact) mass is 360 g/mol. The summed E-state index contributed by atoms with van der Waals surface area (Å²) in [6.45, 7) is 11.0. The molecule has 1 amide bonds. The lowest BCUT2D eigenvalue weighted by atomic mass is 9.93. The van der Waals surface area contributed by atoms with Crippen LogP contribution in [-0.2, 0) is 9.53 Å². The van der Waals surface area contributed by atoms with E-state index in [1.54, 1.807) is 39.0 Å². The van der Waals surface area contributed by atoms with Crippen LogP contribution in [0.15, 0.2) is 29.3 Å². The van der Waals surface area contributed by atoms with E-state index in [1.807, 2.05) is 6.07 Å². The zero-order chi connectivity index (χ0) is 19.4. The number of ether oxygens (including phenoxy) is 1. The van der Waals surface area contributed by atoms with Gasteiger partial charge in [0.1, 0.15) is 12.1 Å². The summed E-state index contributed by atoms with van der Waals surface area (Å²) in [5.41, 5.74) is 0.763. The van der Waals surface area contributed by atoms with Gasteiger partial charge in [0.15, 0.2) is 5.96 Å². The fourth-order valence-corrected chi connectivity index (χ4v) is 2.32. The maximum Gasteiger partial charge on any atom is 0.325 e. The lowest BCUT2D eigenvalue weighted by Crippen LogP contribution is -2.44. The SMILES string of the molecule is CC1(C)CN=C(Nc2cccc(C(=O)NCC(=O)OC(C)(C)C)c2)NC1. The Morgan fingerprint density at radius 3 is 2.65 bits per heavy atom. The summed E-state index contributed by atoms with van der Waals surface area (Å²) in [5.74, 6) is -0.113. The van der Waals surface area contributed by atoms with Crippen molar-refractivity contribution < 1.29 is 14.3 Å². The summed E-state index contributed by atoms with van der Waals surface area (Å²) >= 11 is 0. The average molecular weight is 360 g/mol. The van der Waals surface area contributed by atoms with Gasteiger partial charge in [-0.3, -0.25) is 14.6 Å². The largest absolute Gasteiger partial charge is 0.459 e. The minimum atomic E-state index is -0.575. The summed E-state index contributed by atoms with van der Waals surface area (Å²) in [6.07, 6.45) is 0. The number of hydrogen-bond donors (Lipinski definition) is 3. The number of nitrogens with zero attached hydrogens (tertiary/aromatic N) is 1. The Balaban J connectivity index is 1.93. The summed E-state index contributed by atoms with van der Waals surface area (Å²) in [6, 6.07) is 7.04. The predicted molar refractivity (Wildman–Crippen MR) is 102 cm³/mol. The van der Waals surface area contributed by atoms with Gasteiger partial charge in [0.2, 0.25) is 0 Å². The molecule has 0 radical (unpaired) electrons. The summed E-state index contributed by atoms with van der Waals surface area (Å²) < 4.78 is 5.18. The molecule has 1 aliphatic heterocycles. The molecule has 0 saturated carbocycles. The van der Waals surface area contributed by atoms with E-state index < -0.39 is 11.6 Å². The van der Waals surface area contributed by atoms with Crippen LogP contribution < -0.4 is 16.0 Å². The molecule has 0 saturated heterocycles. The van der Waals surface area contributed by atoms with Gasteiger partial charge in [0.25, 0.3) is 5.91 Å². The van der Waals surface area contributed by atoms with Gasteiger partial charge in [-0.05, 0) is 39.0 Å². The predicted octanol–water partition coefficient (Wildman–Crippen LogP) is 2.16. The Kier molecular flexibility index (Phi) is 5.90.